The highest BCUT2D eigenvalue weighted by atomic mass is 79.9. The largest absolute Gasteiger partial charge is 0.497 e. The van der Waals surface area contributed by atoms with Crippen molar-refractivity contribution < 1.29 is 4.74 Å². The summed E-state index contributed by atoms with van der Waals surface area (Å²) in [6.45, 7) is 2.39. The van der Waals surface area contributed by atoms with Gasteiger partial charge in [0.05, 0.1) is 13.7 Å². The van der Waals surface area contributed by atoms with Crippen LogP contribution in [0.5, 0.6) is 5.75 Å². The number of hydrogen-bond acceptors (Lipinski definition) is 4. The number of rotatable bonds is 4. The lowest BCUT2D eigenvalue weighted by Gasteiger charge is -2.12. The number of ether oxygens (including phenoxy) is 1. The topological polar surface area (TPSA) is 79.2 Å². The second kappa shape index (κ2) is 6.17. The number of halogens is 1. The molecule has 0 saturated carbocycles. The Bertz CT molecular complexity index is 780. The quantitative estimate of drug-likeness (QED) is 0.901. The monoisotopic (exact) mass is 353 g/mol. The molecule has 0 fully saturated rings. The van der Waals surface area contributed by atoms with Crippen molar-refractivity contribution in [2.24, 2.45) is 0 Å². The van der Waals surface area contributed by atoms with E-state index in [2.05, 4.69) is 15.9 Å². The van der Waals surface area contributed by atoms with Gasteiger partial charge in [-0.3, -0.25) is 13.9 Å². The van der Waals surface area contributed by atoms with Gasteiger partial charge in [0.15, 0.2) is 0 Å². The highest BCUT2D eigenvalue weighted by Crippen LogP contribution is 2.22. The Morgan fingerprint density at radius 2 is 2.05 bits per heavy atom. The van der Waals surface area contributed by atoms with Gasteiger partial charge in [0.25, 0.3) is 5.56 Å². The minimum absolute atomic E-state index is 0.0514. The fourth-order valence-electron chi connectivity index (χ4n) is 2.01. The van der Waals surface area contributed by atoms with Crippen molar-refractivity contribution in [1.29, 1.82) is 0 Å². The highest BCUT2D eigenvalue weighted by molar-refractivity contribution is 9.10. The average Bonchev–Trinajstić information content (AvgIpc) is 2.49. The number of nitrogens with two attached hydrogens (primary N) is 1. The summed E-state index contributed by atoms with van der Waals surface area (Å²) in [4.78, 5) is 24.4. The average molecular weight is 354 g/mol. The van der Waals surface area contributed by atoms with Crippen LogP contribution in [0.25, 0.3) is 0 Å². The Labute approximate surface area is 129 Å². The van der Waals surface area contributed by atoms with Gasteiger partial charge in [-0.15, -0.1) is 0 Å². The summed E-state index contributed by atoms with van der Waals surface area (Å²) < 4.78 is 8.48. The number of hydrogen-bond donors (Lipinski definition) is 1. The molecule has 1 aromatic heterocycles. The van der Waals surface area contributed by atoms with E-state index in [9.17, 15) is 9.59 Å². The maximum absolute atomic E-state index is 12.3. The third-order valence-corrected chi connectivity index (χ3v) is 3.96. The molecule has 2 aromatic rings. The summed E-state index contributed by atoms with van der Waals surface area (Å²) in [6.07, 6.45) is 1.38. The minimum atomic E-state index is -0.487. The third kappa shape index (κ3) is 3.02. The molecule has 112 valence electrons. The van der Waals surface area contributed by atoms with Crippen molar-refractivity contribution in [2.45, 2.75) is 20.0 Å². The summed E-state index contributed by atoms with van der Waals surface area (Å²) in [5.74, 6) is 0.654. The van der Waals surface area contributed by atoms with Gasteiger partial charge in [-0.1, -0.05) is 15.9 Å². The molecule has 0 spiro atoms. The summed E-state index contributed by atoms with van der Waals surface area (Å²) >= 11 is 3.41. The number of nitrogens with zero attached hydrogens (tertiary/aromatic N) is 2. The smallest absolute Gasteiger partial charge is 0.331 e. The molecule has 0 bridgehead atoms. The fraction of sp³-hybridized carbons (Fsp3) is 0.286. The number of aromatic nitrogens is 2. The van der Waals surface area contributed by atoms with Crippen molar-refractivity contribution >= 4 is 21.6 Å². The van der Waals surface area contributed by atoms with Crippen LogP contribution in [-0.2, 0) is 13.1 Å². The molecule has 0 saturated heterocycles. The molecule has 0 amide bonds. The van der Waals surface area contributed by atoms with Gasteiger partial charge >= 0.3 is 5.69 Å². The fourth-order valence-corrected chi connectivity index (χ4v) is 2.38. The van der Waals surface area contributed by atoms with Crippen LogP contribution in [0.3, 0.4) is 0 Å². The van der Waals surface area contributed by atoms with Crippen LogP contribution in [-0.4, -0.2) is 16.2 Å². The van der Waals surface area contributed by atoms with Crippen molar-refractivity contribution in [3.8, 4) is 5.75 Å². The number of anilines is 1. The Hall–Kier alpha value is -2.02. The predicted octanol–water partition coefficient (Wildman–Crippen LogP) is 1.43. The van der Waals surface area contributed by atoms with Crippen LogP contribution in [0.2, 0.25) is 0 Å². The summed E-state index contributed by atoms with van der Waals surface area (Å²) in [7, 11) is 1.56. The van der Waals surface area contributed by atoms with Crippen molar-refractivity contribution in [1.82, 2.24) is 9.13 Å². The van der Waals surface area contributed by atoms with Gasteiger partial charge in [0.1, 0.15) is 11.4 Å². The summed E-state index contributed by atoms with van der Waals surface area (Å²) in [5.41, 5.74) is 5.63. The standard InChI is InChI=1S/C14H16BrN3O3/c1-3-17-8-12(16)13(19)18(14(17)20)7-9-6-10(21-2)4-5-11(9)15/h4-6,8H,3,7,16H2,1-2H3. The van der Waals surface area contributed by atoms with Crippen molar-refractivity contribution in [2.75, 3.05) is 12.8 Å². The van der Waals surface area contributed by atoms with E-state index in [0.717, 1.165) is 14.6 Å². The van der Waals surface area contributed by atoms with E-state index in [4.69, 9.17) is 10.5 Å². The SMILES string of the molecule is CCn1cc(N)c(=O)n(Cc2cc(OC)ccc2Br)c1=O. The molecule has 2 rings (SSSR count). The zero-order valence-corrected chi connectivity index (χ0v) is 13.4. The first-order valence-corrected chi connectivity index (χ1v) is 7.19. The molecular formula is C14H16BrN3O3. The van der Waals surface area contributed by atoms with Gasteiger partial charge in [0.2, 0.25) is 0 Å². The molecule has 7 heteroatoms. The van der Waals surface area contributed by atoms with E-state index in [1.54, 1.807) is 19.2 Å². The molecule has 2 N–H and O–H groups in total. The van der Waals surface area contributed by atoms with Gasteiger partial charge in [-0.25, -0.2) is 4.79 Å². The molecular weight excluding hydrogens is 338 g/mol. The molecule has 0 aliphatic rings. The van der Waals surface area contributed by atoms with E-state index < -0.39 is 5.56 Å². The predicted molar refractivity (Wildman–Crippen MR) is 84.8 cm³/mol. The Balaban J connectivity index is 2.57. The number of benzene rings is 1. The lowest BCUT2D eigenvalue weighted by Crippen LogP contribution is -2.40. The first kappa shape index (κ1) is 15.4. The van der Waals surface area contributed by atoms with Crippen LogP contribution in [0.15, 0.2) is 38.5 Å². The molecule has 0 aliphatic carbocycles. The van der Waals surface area contributed by atoms with E-state index in [1.807, 2.05) is 13.0 Å². The molecule has 1 aromatic carbocycles. The van der Waals surface area contributed by atoms with E-state index in [-0.39, 0.29) is 17.9 Å². The van der Waals surface area contributed by atoms with Crippen LogP contribution < -0.4 is 21.7 Å². The molecule has 0 atom stereocenters. The molecule has 0 radical (unpaired) electrons. The summed E-state index contributed by atoms with van der Waals surface area (Å²) in [6, 6.07) is 5.37. The molecule has 0 unspecified atom stereocenters. The summed E-state index contributed by atoms with van der Waals surface area (Å²) in [5, 5.41) is 0. The second-order valence-electron chi connectivity index (χ2n) is 4.50. The first-order valence-electron chi connectivity index (χ1n) is 6.40. The number of nitrogen functional groups attached to an aromatic ring is 1. The zero-order valence-electron chi connectivity index (χ0n) is 11.8. The molecule has 0 aliphatic heterocycles. The van der Waals surface area contributed by atoms with Crippen LogP contribution in [0.1, 0.15) is 12.5 Å². The molecule has 21 heavy (non-hydrogen) atoms. The van der Waals surface area contributed by atoms with Crippen LogP contribution >= 0.6 is 15.9 Å². The number of aryl methyl sites for hydroxylation is 1. The third-order valence-electron chi connectivity index (χ3n) is 3.19. The van der Waals surface area contributed by atoms with Gasteiger partial charge < -0.3 is 10.5 Å². The highest BCUT2D eigenvalue weighted by Gasteiger charge is 2.11. The first-order chi connectivity index (χ1) is 9.97. The Kier molecular flexibility index (Phi) is 4.52. The van der Waals surface area contributed by atoms with Crippen molar-refractivity contribution in [3.05, 3.63) is 55.3 Å². The molecule has 1 heterocycles. The van der Waals surface area contributed by atoms with Gasteiger partial charge in [-0.2, -0.15) is 0 Å². The maximum Gasteiger partial charge on any atom is 0.331 e. The van der Waals surface area contributed by atoms with Crippen LogP contribution in [0, 0.1) is 0 Å². The van der Waals surface area contributed by atoms with Gasteiger partial charge in [0, 0.05) is 17.2 Å². The number of methoxy groups -OCH3 is 1. The minimum Gasteiger partial charge on any atom is -0.497 e. The normalized spacial score (nSPS) is 10.6. The van der Waals surface area contributed by atoms with E-state index >= 15 is 0 Å². The Morgan fingerprint density at radius 3 is 2.67 bits per heavy atom. The van der Waals surface area contributed by atoms with E-state index in [1.165, 1.54) is 10.8 Å². The van der Waals surface area contributed by atoms with Gasteiger partial charge in [-0.05, 0) is 30.7 Å². The second-order valence-corrected chi connectivity index (χ2v) is 5.36. The molecule has 6 nitrogen and oxygen atoms in total. The van der Waals surface area contributed by atoms with Crippen LogP contribution in [0.4, 0.5) is 5.69 Å². The Morgan fingerprint density at radius 1 is 1.33 bits per heavy atom. The zero-order chi connectivity index (χ0) is 15.6. The van der Waals surface area contributed by atoms with Crippen molar-refractivity contribution in [3.63, 3.8) is 0 Å². The van der Waals surface area contributed by atoms with E-state index in [0.29, 0.717) is 12.3 Å². The lowest BCUT2D eigenvalue weighted by atomic mass is 10.2. The maximum atomic E-state index is 12.3. The lowest BCUT2D eigenvalue weighted by molar-refractivity contribution is 0.414.